The first kappa shape index (κ1) is 12.7. The van der Waals surface area contributed by atoms with Crippen molar-refractivity contribution in [2.24, 2.45) is 5.73 Å². The number of hydrogen-bond donors (Lipinski definition) is 1. The fourth-order valence-electron chi connectivity index (χ4n) is 1.13. The number of hydrogen-bond acceptors (Lipinski definition) is 2. The molecule has 0 saturated heterocycles. The molecule has 0 aliphatic carbocycles. The Labute approximate surface area is 99.9 Å². The first-order chi connectivity index (χ1) is 6.92. The smallest absolute Gasteiger partial charge is 0.0734 e. The van der Waals surface area contributed by atoms with Crippen molar-refractivity contribution >= 4 is 15.9 Å². The Bertz CT molecular complexity index is 331. The molecule has 0 aliphatic heterocycles. The van der Waals surface area contributed by atoms with Gasteiger partial charge in [0.1, 0.15) is 0 Å². The molecule has 1 aromatic carbocycles. The van der Waals surface area contributed by atoms with E-state index in [4.69, 9.17) is 10.5 Å². The quantitative estimate of drug-likeness (QED) is 0.916. The topological polar surface area (TPSA) is 35.2 Å². The monoisotopic (exact) mass is 271 g/mol. The molecule has 0 heterocycles. The van der Waals surface area contributed by atoms with Crippen LogP contribution in [0.25, 0.3) is 0 Å². The summed E-state index contributed by atoms with van der Waals surface area (Å²) in [6.07, 6.45) is 0. The zero-order chi connectivity index (χ0) is 11.5. The minimum Gasteiger partial charge on any atom is -0.371 e. The van der Waals surface area contributed by atoms with Gasteiger partial charge in [-0.2, -0.15) is 0 Å². The number of nitrogens with two attached hydrogens (primary N) is 1. The van der Waals surface area contributed by atoms with Gasteiger partial charge in [-0.05, 0) is 38.0 Å². The lowest BCUT2D eigenvalue weighted by molar-refractivity contribution is -0.0152. The summed E-state index contributed by atoms with van der Waals surface area (Å²) in [6, 6.07) is 6.13. The molecule has 3 heteroatoms. The van der Waals surface area contributed by atoms with E-state index in [-0.39, 0.29) is 5.60 Å². The second-order valence-electron chi connectivity index (χ2n) is 4.53. The van der Waals surface area contributed by atoms with Gasteiger partial charge in [0.15, 0.2) is 0 Å². The predicted octanol–water partition coefficient (Wildman–Crippen LogP) is 3.22. The summed E-state index contributed by atoms with van der Waals surface area (Å²) < 4.78 is 6.77. The van der Waals surface area contributed by atoms with Crippen molar-refractivity contribution in [1.29, 1.82) is 0 Å². The van der Waals surface area contributed by atoms with Crippen LogP contribution in [0.5, 0.6) is 0 Å². The summed E-state index contributed by atoms with van der Waals surface area (Å²) in [6.45, 7) is 7.34. The van der Waals surface area contributed by atoms with Crippen molar-refractivity contribution in [3.05, 3.63) is 33.8 Å². The van der Waals surface area contributed by atoms with Crippen LogP contribution >= 0.6 is 15.9 Å². The molecule has 0 aliphatic rings. The molecule has 0 aromatic heterocycles. The molecule has 0 radical (unpaired) electrons. The van der Waals surface area contributed by atoms with E-state index in [9.17, 15) is 0 Å². The summed E-state index contributed by atoms with van der Waals surface area (Å²) in [5.74, 6) is 0. The fourth-order valence-corrected chi connectivity index (χ4v) is 1.67. The molecule has 15 heavy (non-hydrogen) atoms. The molecule has 1 aromatic rings. The van der Waals surface area contributed by atoms with Gasteiger partial charge < -0.3 is 10.5 Å². The third-order valence-corrected chi connectivity index (χ3v) is 2.75. The van der Waals surface area contributed by atoms with Gasteiger partial charge >= 0.3 is 0 Å². The second kappa shape index (κ2) is 5.10. The van der Waals surface area contributed by atoms with Crippen LogP contribution < -0.4 is 5.73 Å². The first-order valence-electron chi connectivity index (χ1n) is 5.04. The highest BCUT2D eigenvalue weighted by molar-refractivity contribution is 9.10. The van der Waals surface area contributed by atoms with Gasteiger partial charge in [-0.1, -0.05) is 28.1 Å². The van der Waals surface area contributed by atoms with Crippen LogP contribution in [0.15, 0.2) is 22.7 Å². The molecule has 1 rings (SSSR count). The largest absolute Gasteiger partial charge is 0.371 e. The third kappa shape index (κ3) is 4.33. The Balaban J connectivity index is 2.70. The predicted molar refractivity (Wildman–Crippen MR) is 66.6 cm³/mol. The maximum Gasteiger partial charge on any atom is 0.0734 e. The number of ether oxygens (including phenoxy) is 1. The summed E-state index contributed by atoms with van der Waals surface area (Å²) in [4.78, 5) is 0. The number of benzene rings is 1. The fraction of sp³-hybridized carbons (Fsp3) is 0.500. The molecule has 0 bridgehead atoms. The SMILES string of the molecule is CC(C)(C)OCc1ccc(CN)cc1Br. The molecule has 84 valence electrons. The molecule has 2 N–H and O–H groups in total. The lowest BCUT2D eigenvalue weighted by Gasteiger charge is -2.20. The summed E-state index contributed by atoms with van der Waals surface area (Å²) in [5, 5.41) is 0. The van der Waals surface area contributed by atoms with Crippen LogP contribution in [0.2, 0.25) is 0 Å². The average Bonchev–Trinajstić information content (AvgIpc) is 2.14. The van der Waals surface area contributed by atoms with E-state index in [2.05, 4.69) is 42.8 Å². The van der Waals surface area contributed by atoms with E-state index in [0.717, 1.165) is 15.6 Å². The Morgan fingerprint density at radius 1 is 1.33 bits per heavy atom. The van der Waals surface area contributed by atoms with Crippen molar-refractivity contribution in [3.8, 4) is 0 Å². The standard InChI is InChI=1S/C12H18BrNO/c1-12(2,3)15-8-10-5-4-9(7-14)6-11(10)13/h4-6H,7-8,14H2,1-3H3. The Hall–Kier alpha value is -0.380. The highest BCUT2D eigenvalue weighted by atomic mass is 79.9. The van der Waals surface area contributed by atoms with E-state index in [1.54, 1.807) is 0 Å². The highest BCUT2D eigenvalue weighted by Crippen LogP contribution is 2.21. The van der Waals surface area contributed by atoms with E-state index >= 15 is 0 Å². The van der Waals surface area contributed by atoms with E-state index in [1.165, 1.54) is 0 Å². The minimum atomic E-state index is -0.105. The number of rotatable bonds is 3. The van der Waals surface area contributed by atoms with E-state index < -0.39 is 0 Å². The average molecular weight is 272 g/mol. The van der Waals surface area contributed by atoms with Gasteiger partial charge in [0.2, 0.25) is 0 Å². The van der Waals surface area contributed by atoms with Crippen molar-refractivity contribution in [3.63, 3.8) is 0 Å². The summed E-state index contributed by atoms with van der Waals surface area (Å²) >= 11 is 3.52. The molecule has 0 spiro atoms. The van der Waals surface area contributed by atoms with Crippen LogP contribution in [-0.2, 0) is 17.9 Å². The first-order valence-corrected chi connectivity index (χ1v) is 5.83. The Morgan fingerprint density at radius 3 is 2.47 bits per heavy atom. The van der Waals surface area contributed by atoms with Crippen LogP contribution in [0, 0.1) is 0 Å². The lowest BCUT2D eigenvalue weighted by atomic mass is 10.1. The molecule has 0 unspecified atom stereocenters. The van der Waals surface area contributed by atoms with Crippen LogP contribution in [-0.4, -0.2) is 5.60 Å². The van der Waals surface area contributed by atoms with Gasteiger partial charge in [-0.25, -0.2) is 0 Å². The molecule has 0 atom stereocenters. The van der Waals surface area contributed by atoms with Crippen LogP contribution in [0.3, 0.4) is 0 Å². The third-order valence-electron chi connectivity index (χ3n) is 2.01. The molecule has 0 saturated carbocycles. The zero-order valence-electron chi connectivity index (χ0n) is 9.51. The van der Waals surface area contributed by atoms with E-state index in [0.29, 0.717) is 13.2 Å². The maximum atomic E-state index is 5.71. The van der Waals surface area contributed by atoms with Crippen molar-refractivity contribution in [2.45, 2.75) is 39.5 Å². The van der Waals surface area contributed by atoms with Crippen LogP contribution in [0.1, 0.15) is 31.9 Å². The van der Waals surface area contributed by atoms with Gasteiger partial charge in [0, 0.05) is 11.0 Å². The van der Waals surface area contributed by atoms with E-state index in [1.807, 2.05) is 12.1 Å². The Kier molecular flexibility index (Phi) is 4.32. The van der Waals surface area contributed by atoms with Crippen molar-refractivity contribution in [1.82, 2.24) is 0 Å². The zero-order valence-corrected chi connectivity index (χ0v) is 11.1. The number of halogens is 1. The van der Waals surface area contributed by atoms with Crippen molar-refractivity contribution < 1.29 is 4.74 Å². The summed E-state index contributed by atoms with van der Waals surface area (Å²) in [7, 11) is 0. The van der Waals surface area contributed by atoms with Gasteiger partial charge in [0.25, 0.3) is 0 Å². The highest BCUT2D eigenvalue weighted by Gasteiger charge is 2.11. The lowest BCUT2D eigenvalue weighted by Crippen LogP contribution is -2.18. The minimum absolute atomic E-state index is 0.105. The van der Waals surface area contributed by atoms with Crippen molar-refractivity contribution in [2.75, 3.05) is 0 Å². The molecule has 0 amide bonds. The normalized spacial score (nSPS) is 11.8. The van der Waals surface area contributed by atoms with Gasteiger partial charge in [-0.15, -0.1) is 0 Å². The maximum absolute atomic E-state index is 5.71. The van der Waals surface area contributed by atoms with Gasteiger partial charge in [-0.3, -0.25) is 0 Å². The molecular weight excluding hydrogens is 254 g/mol. The molecule has 2 nitrogen and oxygen atoms in total. The van der Waals surface area contributed by atoms with Gasteiger partial charge in [0.05, 0.1) is 12.2 Å². The molecule has 0 fully saturated rings. The molecular formula is C12H18BrNO. The Morgan fingerprint density at radius 2 is 2.00 bits per heavy atom. The summed E-state index contributed by atoms with van der Waals surface area (Å²) in [5.41, 5.74) is 7.74. The second-order valence-corrected chi connectivity index (χ2v) is 5.39. The van der Waals surface area contributed by atoms with Crippen LogP contribution in [0.4, 0.5) is 0 Å².